The maximum atomic E-state index is 12.4. The number of hydrogen-bond donors (Lipinski definition) is 1. The van der Waals surface area contributed by atoms with Gasteiger partial charge in [0.1, 0.15) is 0 Å². The van der Waals surface area contributed by atoms with Crippen molar-refractivity contribution in [1.82, 2.24) is 10.2 Å². The summed E-state index contributed by atoms with van der Waals surface area (Å²) >= 11 is 0. The highest BCUT2D eigenvalue weighted by Crippen LogP contribution is 2.32. The average Bonchev–Trinajstić information content (AvgIpc) is 2.28. The molecule has 1 N–H and O–H groups in total. The second kappa shape index (κ2) is 5.48. The van der Waals surface area contributed by atoms with Crippen LogP contribution in [0.4, 0.5) is 0 Å². The van der Waals surface area contributed by atoms with Crippen molar-refractivity contribution in [2.45, 2.75) is 33.1 Å². The van der Waals surface area contributed by atoms with Crippen molar-refractivity contribution in [2.24, 2.45) is 5.41 Å². The van der Waals surface area contributed by atoms with Crippen molar-refractivity contribution in [3.05, 3.63) is 12.2 Å². The zero-order valence-electron chi connectivity index (χ0n) is 10.8. The van der Waals surface area contributed by atoms with Crippen molar-refractivity contribution in [2.75, 3.05) is 26.7 Å². The SMILES string of the molecule is C=C(C)CN(C)C(=O)C1(CC)CCCNC1. The third-order valence-electron chi connectivity index (χ3n) is 3.46. The molecule has 3 heteroatoms. The molecule has 1 aliphatic heterocycles. The van der Waals surface area contributed by atoms with Crippen LogP contribution in [0.5, 0.6) is 0 Å². The van der Waals surface area contributed by atoms with E-state index >= 15 is 0 Å². The lowest BCUT2D eigenvalue weighted by atomic mass is 9.77. The molecule has 1 amide bonds. The Kier molecular flexibility index (Phi) is 4.54. The molecule has 0 spiro atoms. The van der Waals surface area contributed by atoms with Crippen LogP contribution in [0.15, 0.2) is 12.2 Å². The number of amides is 1. The Hall–Kier alpha value is -0.830. The van der Waals surface area contributed by atoms with E-state index in [9.17, 15) is 4.79 Å². The van der Waals surface area contributed by atoms with E-state index in [1.165, 1.54) is 0 Å². The minimum atomic E-state index is -0.178. The summed E-state index contributed by atoms with van der Waals surface area (Å²) in [5.74, 6) is 0.269. The smallest absolute Gasteiger partial charge is 0.230 e. The number of nitrogens with one attached hydrogen (secondary N) is 1. The van der Waals surface area contributed by atoms with Crippen LogP contribution in [0.2, 0.25) is 0 Å². The summed E-state index contributed by atoms with van der Waals surface area (Å²) in [5, 5.41) is 3.35. The molecule has 1 rings (SSSR count). The normalized spacial score (nSPS) is 25.2. The van der Waals surface area contributed by atoms with Crippen LogP contribution >= 0.6 is 0 Å². The average molecular weight is 224 g/mol. The van der Waals surface area contributed by atoms with Gasteiger partial charge in [0.05, 0.1) is 5.41 Å². The Morgan fingerprint density at radius 3 is 2.69 bits per heavy atom. The van der Waals surface area contributed by atoms with E-state index in [1.54, 1.807) is 0 Å². The van der Waals surface area contributed by atoms with E-state index in [-0.39, 0.29) is 11.3 Å². The highest BCUT2D eigenvalue weighted by atomic mass is 16.2. The van der Waals surface area contributed by atoms with Gasteiger partial charge in [0, 0.05) is 20.1 Å². The summed E-state index contributed by atoms with van der Waals surface area (Å²) in [7, 11) is 1.88. The summed E-state index contributed by atoms with van der Waals surface area (Å²) in [5.41, 5.74) is 0.855. The largest absolute Gasteiger partial charge is 0.341 e. The maximum Gasteiger partial charge on any atom is 0.230 e. The summed E-state index contributed by atoms with van der Waals surface area (Å²) in [4.78, 5) is 14.2. The summed E-state index contributed by atoms with van der Waals surface area (Å²) in [6.45, 7) is 10.5. The van der Waals surface area contributed by atoms with E-state index in [0.717, 1.165) is 37.9 Å². The predicted octanol–water partition coefficient (Wildman–Crippen LogP) is 1.80. The van der Waals surface area contributed by atoms with Crippen LogP contribution in [0.1, 0.15) is 33.1 Å². The van der Waals surface area contributed by atoms with Crippen LogP contribution in [0.3, 0.4) is 0 Å². The molecule has 0 aromatic rings. The topological polar surface area (TPSA) is 32.3 Å². The van der Waals surface area contributed by atoms with Crippen molar-refractivity contribution in [3.63, 3.8) is 0 Å². The fourth-order valence-electron chi connectivity index (χ4n) is 2.48. The van der Waals surface area contributed by atoms with E-state index in [0.29, 0.717) is 6.54 Å². The molecule has 1 heterocycles. The molecule has 92 valence electrons. The van der Waals surface area contributed by atoms with Gasteiger partial charge in [0.15, 0.2) is 0 Å². The standard InChI is InChI=1S/C13H24N2O/c1-5-13(7-6-8-14-10-13)12(16)15(4)9-11(2)3/h14H,2,5-10H2,1,3-4H3. The Morgan fingerprint density at radius 2 is 2.25 bits per heavy atom. The van der Waals surface area contributed by atoms with Crippen molar-refractivity contribution < 1.29 is 4.79 Å². The summed E-state index contributed by atoms with van der Waals surface area (Å²) < 4.78 is 0. The second-order valence-corrected chi connectivity index (χ2v) is 5.03. The van der Waals surface area contributed by atoms with Crippen molar-refractivity contribution >= 4 is 5.91 Å². The van der Waals surface area contributed by atoms with Gasteiger partial charge in [-0.25, -0.2) is 0 Å². The highest BCUT2D eigenvalue weighted by Gasteiger charge is 2.39. The number of nitrogens with zero attached hydrogens (tertiary/aromatic N) is 1. The molecule has 0 aromatic heterocycles. The van der Waals surface area contributed by atoms with Gasteiger partial charge >= 0.3 is 0 Å². The first-order chi connectivity index (χ1) is 7.52. The van der Waals surface area contributed by atoms with Crippen LogP contribution < -0.4 is 5.32 Å². The Balaban J connectivity index is 2.71. The minimum absolute atomic E-state index is 0.178. The highest BCUT2D eigenvalue weighted by molar-refractivity contribution is 5.83. The third kappa shape index (κ3) is 2.85. The molecule has 1 unspecified atom stereocenters. The summed E-state index contributed by atoms with van der Waals surface area (Å²) in [6, 6.07) is 0. The van der Waals surface area contributed by atoms with Gasteiger partial charge in [0.25, 0.3) is 0 Å². The number of carbonyl (C=O) groups is 1. The van der Waals surface area contributed by atoms with E-state index < -0.39 is 0 Å². The zero-order valence-corrected chi connectivity index (χ0v) is 10.8. The van der Waals surface area contributed by atoms with Gasteiger partial charge in [-0.3, -0.25) is 4.79 Å². The number of rotatable bonds is 4. The van der Waals surface area contributed by atoms with Gasteiger partial charge in [-0.2, -0.15) is 0 Å². The Labute approximate surface area is 98.9 Å². The molecular weight excluding hydrogens is 200 g/mol. The van der Waals surface area contributed by atoms with E-state index in [1.807, 2.05) is 18.9 Å². The number of likely N-dealkylation sites (N-methyl/N-ethyl adjacent to an activating group) is 1. The molecular formula is C13H24N2O. The van der Waals surface area contributed by atoms with Gasteiger partial charge < -0.3 is 10.2 Å². The lowest BCUT2D eigenvalue weighted by molar-refractivity contribution is -0.141. The first kappa shape index (κ1) is 13.2. The van der Waals surface area contributed by atoms with E-state index in [2.05, 4.69) is 18.8 Å². The maximum absolute atomic E-state index is 12.4. The molecule has 0 saturated carbocycles. The minimum Gasteiger partial charge on any atom is -0.341 e. The van der Waals surface area contributed by atoms with Gasteiger partial charge in [0.2, 0.25) is 5.91 Å². The monoisotopic (exact) mass is 224 g/mol. The molecule has 1 fully saturated rings. The van der Waals surface area contributed by atoms with E-state index in [4.69, 9.17) is 0 Å². The Bertz CT molecular complexity index is 267. The fraction of sp³-hybridized carbons (Fsp3) is 0.769. The van der Waals surface area contributed by atoms with Gasteiger partial charge in [-0.15, -0.1) is 0 Å². The zero-order chi connectivity index (χ0) is 12.2. The molecule has 0 radical (unpaired) electrons. The van der Waals surface area contributed by atoms with Crippen molar-refractivity contribution in [3.8, 4) is 0 Å². The molecule has 0 aromatic carbocycles. The fourth-order valence-corrected chi connectivity index (χ4v) is 2.48. The molecule has 0 aliphatic carbocycles. The predicted molar refractivity (Wildman–Crippen MR) is 67.3 cm³/mol. The van der Waals surface area contributed by atoms with Crippen LogP contribution in [0.25, 0.3) is 0 Å². The lowest BCUT2D eigenvalue weighted by Crippen LogP contribution is -2.50. The van der Waals surface area contributed by atoms with Crippen molar-refractivity contribution in [1.29, 1.82) is 0 Å². The molecule has 1 saturated heterocycles. The van der Waals surface area contributed by atoms with Gasteiger partial charge in [-0.05, 0) is 32.7 Å². The third-order valence-corrected chi connectivity index (χ3v) is 3.46. The quantitative estimate of drug-likeness (QED) is 0.739. The second-order valence-electron chi connectivity index (χ2n) is 5.03. The van der Waals surface area contributed by atoms with Crippen LogP contribution in [-0.4, -0.2) is 37.5 Å². The molecule has 1 aliphatic rings. The van der Waals surface area contributed by atoms with Gasteiger partial charge in [-0.1, -0.05) is 19.1 Å². The number of piperidine rings is 1. The molecule has 0 bridgehead atoms. The van der Waals surface area contributed by atoms with Crippen LogP contribution in [0, 0.1) is 5.41 Å². The first-order valence-corrected chi connectivity index (χ1v) is 6.12. The molecule has 3 nitrogen and oxygen atoms in total. The lowest BCUT2D eigenvalue weighted by Gasteiger charge is -2.38. The molecule has 1 atom stereocenters. The van der Waals surface area contributed by atoms with Crippen LogP contribution in [-0.2, 0) is 4.79 Å². The number of carbonyl (C=O) groups excluding carboxylic acids is 1. The first-order valence-electron chi connectivity index (χ1n) is 6.12. The number of hydrogen-bond acceptors (Lipinski definition) is 2. The summed E-state index contributed by atoms with van der Waals surface area (Å²) in [6.07, 6.45) is 3.02. The molecule has 16 heavy (non-hydrogen) atoms. The Morgan fingerprint density at radius 1 is 1.56 bits per heavy atom.